The first-order valence-corrected chi connectivity index (χ1v) is 4.24. The van der Waals surface area contributed by atoms with E-state index in [9.17, 15) is 5.11 Å². The van der Waals surface area contributed by atoms with Crippen molar-refractivity contribution in [2.75, 3.05) is 6.61 Å². The van der Waals surface area contributed by atoms with Gasteiger partial charge in [-0.1, -0.05) is 26.1 Å². The fourth-order valence-corrected chi connectivity index (χ4v) is 0.976. The van der Waals surface area contributed by atoms with Crippen LogP contribution in [0.2, 0.25) is 0 Å². The first-order valence-electron chi connectivity index (χ1n) is 5.74. The summed E-state index contributed by atoms with van der Waals surface area (Å²) in [4.78, 5) is 0. The van der Waals surface area contributed by atoms with E-state index >= 15 is 0 Å². The lowest BCUT2D eigenvalue weighted by molar-refractivity contribution is 0.138. The van der Waals surface area contributed by atoms with Gasteiger partial charge in [0.15, 0.2) is 0 Å². The van der Waals surface area contributed by atoms with Gasteiger partial charge in [0.25, 0.3) is 0 Å². The van der Waals surface area contributed by atoms with Crippen molar-refractivity contribution in [1.82, 2.24) is 0 Å². The smallest absolute Gasteiger partial charge is 0.0541 e. The van der Waals surface area contributed by atoms with Crippen LogP contribution in [0.4, 0.5) is 0 Å². The maximum atomic E-state index is 9.36. The van der Waals surface area contributed by atoms with Gasteiger partial charge < -0.3 is 10.2 Å². The fraction of sp³-hybridized carbons (Fsp3) is 1.00. The van der Waals surface area contributed by atoms with Crippen LogP contribution in [-0.2, 0) is 0 Å². The number of rotatable bonds is 7. The Kier molecular flexibility index (Phi) is 4.69. The SMILES string of the molecule is [2H]C([2H])([2H])CCCCC(O)CCCO. The molecule has 0 bridgehead atoms. The van der Waals surface area contributed by atoms with Crippen molar-refractivity contribution in [2.24, 2.45) is 0 Å². The van der Waals surface area contributed by atoms with Crippen LogP contribution in [-0.4, -0.2) is 22.9 Å². The Morgan fingerprint density at radius 1 is 1.27 bits per heavy atom. The molecular formula is C9H20O2. The van der Waals surface area contributed by atoms with Gasteiger partial charge in [-0.05, 0) is 19.3 Å². The molecule has 0 saturated carbocycles. The van der Waals surface area contributed by atoms with Gasteiger partial charge in [0.2, 0.25) is 0 Å². The second-order valence-corrected chi connectivity index (χ2v) is 2.77. The van der Waals surface area contributed by atoms with E-state index in [-0.39, 0.29) is 13.0 Å². The molecule has 0 fully saturated rings. The number of hydrogen-bond acceptors (Lipinski definition) is 2. The number of aliphatic hydroxyl groups excluding tert-OH is 2. The Balaban J connectivity index is 3.27. The van der Waals surface area contributed by atoms with Gasteiger partial charge in [0.05, 0.1) is 6.10 Å². The highest BCUT2D eigenvalue weighted by molar-refractivity contribution is 4.55. The Bertz CT molecular complexity index is 137. The first-order chi connectivity index (χ1) is 6.45. The standard InChI is InChI=1S/C9H20O2/c1-2-3-4-6-9(11)7-5-8-10/h9-11H,2-8H2,1H3/i1D3. The molecule has 0 aliphatic heterocycles. The fourth-order valence-electron chi connectivity index (χ4n) is 0.976. The maximum absolute atomic E-state index is 9.36. The van der Waals surface area contributed by atoms with Crippen LogP contribution < -0.4 is 0 Å². The lowest BCUT2D eigenvalue weighted by Gasteiger charge is -2.07. The molecule has 0 aromatic carbocycles. The molecule has 0 aromatic heterocycles. The molecule has 1 atom stereocenters. The summed E-state index contributed by atoms with van der Waals surface area (Å²) in [5, 5.41) is 17.9. The molecule has 0 radical (unpaired) electrons. The predicted molar refractivity (Wildman–Crippen MR) is 46.5 cm³/mol. The van der Waals surface area contributed by atoms with Crippen molar-refractivity contribution in [1.29, 1.82) is 0 Å². The van der Waals surface area contributed by atoms with Crippen molar-refractivity contribution >= 4 is 0 Å². The third-order valence-corrected chi connectivity index (χ3v) is 1.66. The highest BCUT2D eigenvalue weighted by atomic mass is 16.3. The molecule has 0 rings (SSSR count). The topological polar surface area (TPSA) is 40.5 Å². The van der Waals surface area contributed by atoms with Crippen LogP contribution in [0.3, 0.4) is 0 Å². The van der Waals surface area contributed by atoms with E-state index in [0.717, 1.165) is 6.42 Å². The second kappa shape index (κ2) is 8.02. The van der Waals surface area contributed by atoms with E-state index in [1.54, 1.807) is 0 Å². The van der Waals surface area contributed by atoms with Crippen molar-refractivity contribution < 1.29 is 14.3 Å². The molecule has 0 amide bonds. The molecule has 2 heteroatoms. The Morgan fingerprint density at radius 3 is 2.64 bits per heavy atom. The van der Waals surface area contributed by atoms with Crippen LogP contribution in [0.15, 0.2) is 0 Å². The van der Waals surface area contributed by atoms with E-state index in [2.05, 4.69) is 0 Å². The monoisotopic (exact) mass is 163 g/mol. The molecule has 0 saturated heterocycles. The summed E-state index contributed by atoms with van der Waals surface area (Å²) < 4.78 is 20.9. The summed E-state index contributed by atoms with van der Waals surface area (Å²) in [7, 11) is 0. The first kappa shape index (κ1) is 6.44. The summed E-state index contributed by atoms with van der Waals surface area (Å²) >= 11 is 0. The lowest BCUT2D eigenvalue weighted by Crippen LogP contribution is -2.06. The minimum atomic E-state index is -1.84. The van der Waals surface area contributed by atoms with Gasteiger partial charge >= 0.3 is 0 Å². The summed E-state index contributed by atoms with van der Waals surface area (Å²) in [6.45, 7) is -1.73. The molecule has 0 aliphatic rings. The van der Waals surface area contributed by atoms with Crippen LogP contribution in [0.5, 0.6) is 0 Å². The molecule has 0 aromatic rings. The minimum Gasteiger partial charge on any atom is -0.396 e. The molecule has 0 spiro atoms. The van der Waals surface area contributed by atoms with Gasteiger partial charge in [-0.15, -0.1) is 0 Å². The van der Waals surface area contributed by atoms with E-state index in [4.69, 9.17) is 9.22 Å². The second-order valence-electron chi connectivity index (χ2n) is 2.77. The third-order valence-electron chi connectivity index (χ3n) is 1.66. The molecule has 11 heavy (non-hydrogen) atoms. The summed E-state index contributed by atoms with van der Waals surface area (Å²) in [5.41, 5.74) is 0. The number of hydrogen-bond donors (Lipinski definition) is 2. The van der Waals surface area contributed by atoms with Crippen LogP contribution in [0.25, 0.3) is 0 Å². The average molecular weight is 163 g/mol. The number of unbranched alkanes of at least 4 members (excludes halogenated alkanes) is 1. The molecular weight excluding hydrogens is 140 g/mol. The molecule has 2 nitrogen and oxygen atoms in total. The van der Waals surface area contributed by atoms with Crippen molar-refractivity contribution in [3.05, 3.63) is 0 Å². The van der Waals surface area contributed by atoms with E-state index in [1.807, 2.05) is 0 Å². The predicted octanol–water partition coefficient (Wildman–Crippen LogP) is 1.70. The largest absolute Gasteiger partial charge is 0.396 e. The molecule has 0 heterocycles. The van der Waals surface area contributed by atoms with Crippen molar-refractivity contribution in [2.45, 2.75) is 51.5 Å². The third kappa shape index (κ3) is 7.82. The molecule has 0 aliphatic carbocycles. The van der Waals surface area contributed by atoms with E-state index < -0.39 is 13.0 Å². The zero-order chi connectivity index (χ0) is 11.0. The van der Waals surface area contributed by atoms with Crippen LogP contribution in [0, 0.1) is 0 Å². The van der Waals surface area contributed by atoms with Gasteiger partial charge in [-0.2, -0.15) is 0 Å². The molecule has 68 valence electrons. The highest BCUT2D eigenvalue weighted by Gasteiger charge is 2.01. The maximum Gasteiger partial charge on any atom is 0.0541 e. The normalized spacial score (nSPS) is 18.5. The van der Waals surface area contributed by atoms with Crippen molar-refractivity contribution in [3.8, 4) is 0 Å². The van der Waals surface area contributed by atoms with Gasteiger partial charge in [0.1, 0.15) is 0 Å². The van der Waals surface area contributed by atoms with Crippen LogP contribution in [0.1, 0.15) is 49.5 Å². The minimum absolute atomic E-state index is 0.104. The lowest BCUT2D eigenvalue weighted by atomic mass is 10.1. The zero-order valence-electron chi connectivity index (χ0n) is 9.92. The van der Waals surface area contributed by atoms with Crippen molar-refractivity contribution in [3.63, 3.8) is 0 Å². The molecule has 1 unspecified atom stereocenters. The Hall–Kier alpha value is -0.0800. The number of aliphatic hydroxyl groups is 2. The van der Waals surface area contributed by atoms with Gasteiger partial charge in [0, 0.05) is 10.7 Å². The molecule has 2 N–H and O–H groups in total. The van der Waals surface area contributed by atoms with E-state index in [1.165, 1.54) is 0 Å². The van der Waals surface area contributed by atoms with E-state index in [0.29, 0.717) is 25.7 Å². The Labute approximate surface area is 73.5 Å². The summed E-state index contributed by atoms with van der Waals surface area (Å²) in [6, 6.07) is 0. The zero-order valence-corrected chi connectivity index (χ0v) is 6.92. The van der Waals surface area contributed by atoms with Gasteiger partial charge in [-0.25, -0.2) is 0 Å². The highest BCUT2D eigenvalue weighted by Crippen LogP contribution is 2.07. The quantitative estimate of drug-likeness (QED) is 0.561. The average Bonchev–Trinajstić information content (AvgIpc) is 2.07. The summed E-state index contributed by atoms with van der Waals surface area (Å²) in [5.74, 6) is 0. The summed E-state index contributed by atoms with van der Waals surface area (Å²) in [6.07, 6.45) is 3.05. The van der Waals surface area contributed by atoms with Gasteiger partial charge in [-0.3, -0.25) is 0 Å². The van der Waals surface area contributed by atoms with Crippen LogP contribution >= 0.6 is 0 Å². The Morgan fingerprint density at radius 2 is 2.00 bits per heavy atom.